The Bertz CT molecular complexity index is 1140. The number of carbonyl (C=O) groups excluding carboxylic acids is 1. The minimum absolute atomic E-state index is 0.0835. The molecular weight excluding hydrogens is 366 g/mol. The highest BCUT2D eigenvalue weighted by Gasteiger charge is 2.21. The Hall–Kier alpha value is -2.51. The maximum atomic E-state index is 12.8. The lowest BCUT2D eigenvalue weighted by molar-refractivity contribution is 0.0930. The van der Waals surface area contributed by atoms with Crippen molar-refractivity contribution in [1.82, 2.24) is 14.7 Å². The Kier molecular flexibility index (Phi) is 4.34. The minimum atomic E-state index is -0.242. The topological polar surface area (TPSA) is 63.5 Å². The largest absolute Gasteiger partial charge is 0.343 e. The predicted molar refractivity (Wildman–Crippen MR) is 106 cm³/mol. The number of nitrogens with one attached hydrogen (secondary N) is 1. The molecular formula is C19H17N3O2S2. The summed E-state index contributed by atoms with van der Waals surface area (Å²) in [5, 5.41) is 5.06. The molecule has 1 aromatic carbocycles. The molecule has 0 bridgehead atoms. The molecule has 3 aromatic heterocycles. The van der Waals surface area contributed by atoms with Gasteiger partial charge in [0.1, 0.15) is 4.88 Å². The van der Waals surface area contributed by atoms with Gasteiger partial charge in [0.2, 0.25) is 0 Å². The number of thiophene rings is 1. The van der Waals surface area contributed by atoms with Crippen LogP contribution in [0.15, 0.2) is 52.6 Å². The van der Waals surface area contributed by atoms with Crippen LogP contribution in [0.1, 0.15) is 34.4 Å². The zero-order valence-corrected chi connectivity index (χ0v) is 15.9. The lowest BCUT2D eigenvalue weighted by atomic mass is 10.0. The molecule has 26 heavy (non-hydrogen) atoms. The van der Waals surface area contributed by atoms with Gasteiger partial charge in [-0.25, -0.2) is 4.98 Å². The van der Waals surface area contributed by atoms with Crippen LogP contribution in [0.3, 0.4) is 0 Å². The molecule has 0 aliphatic carbocycles. The van der Waals surface area contributed by atoms with E-state index in [9.17, 15) is 9.59 Å². The van der Waals surface area contributed by atoms with E-state index < -0.39 is 0 Å². The lowest BCUT2D eigenvalue weighted by Gasteiger charge is -2.21. The smallest absolute Gasteiger partial charge is 0.262 e. The minimum Gasteiger partial charge on any atom is -0.343 e. The van der Waals surface area contributed by atoms with Crippen LogP contribution in [0.5, 0.6) is 0 Å². The van der Waals surface area contributed by atoms with E-state index in [0.29, 0.717) is 9.84 Å². The SMILES string of the molecule is CC(C)[C@H](NC(=O)c1cc(=O)n2c(nc3ccccc32)s1)c1cccs1. The number of nitrogens with zero attached hydrogens (tertiary/aromatic N) is 2. The molecule has 0 aliphatic heterocycles. The number of hydrogen-bond donors (Lipinski definition) is 1. The normalized spacial score (nSPS) is 12.7. The molecule has 4 aromatic rings. The highest BCUT2D eigenvalue weighted by molar-refractivity contribution is 7.18. The maximum absolute atomic E-state index is 12.8. The van der Waals surface area contributed by atoms with Gasteiger partial charge in [0, 0.05) is 10.9 Å². The second kappa shape index (κ2) is 6.66. The van der Waals surface area contributed by atoms with Crippen LogP contribution in [0.4, 0.5) is 0 Å². The number of para-hydroxylation sites is 2. The van der Waals surface area contributed by atoms with E-state index in [0.717, 1.165) is 15.9 Å². The lowest BCUT2D eigenvalue weighted by Crippen LogP contribution is -2.31. The molecule has 0 spiro atoms. The number of carbonyl (C=O) groups is 1. The molecule has 5 nitrogen and oxygen atoms in total. The number of hydrogen-bond acceptors (Lipinski definition) is 5. The molecule has 0 saturated carbocycles. The monoisotopic (exact) mass is 383 g/mol. The van der Waals surface area contributed by atoms with Crippen molar-refractivity contribution in [3.05, 3.63) is 68.0 Å². The molecule has 3 heterocycles. The van der Waals surface area contributed by atoms with Crippen molar-refractivity contribution in [2.24, 2.45) is 5.92 Å². The Morgan fingerprint density at radius 3 is 2.73 bits per heavy atom. The van der Waals surface area contributed by atoms with E-state index in [1.54, 1.807) is 15.7 Å². The summed E-state index contributed by atoms with van der Waals surface area (Å²) in [6.07, 6.45) is 0. The van der Waals surface area contributed by atoms with Crippen molar-refractivity contribution in [2.45, 2.75) is 19.9 Å². The molecule has 0 fully saturated rings. The summed E-state index contributed by atoms with van der Waals surface area (Å²) in [4.78, 5) is 31.9. The van der Waals surface area contributed by atoms with Gasteiger partial charge >= 0.3 is 0 Å². The van der Waals surface area contributed by atoms with E-state index in [-0.39, 0.29) is 23.4 Å². The fraction of sp³-hybridized carbons (Fsp3) is 0.211. The standard InChI is InChI=1S/C19H17N3O2S2/c1-11(2)17(14-8-5-9-25-14)21-18(24)15-10-16(23)22-13-7-4-3-6-12(13)20-19(22)26-15/h3-11,17H,1-2H3,(H,21,24)/t17-/m0/s1. The first-order chi connectivity index (χ1) is 12.5. The van der Waals surface area contributed by atoms with Gasteiger partial charge in [0.15, 0.2) is 4.96 Å². The number of amides is 1. The van der Waals surface area contributed by atoms with Crippen LogP contribution >= 0.6 is 22.7 Å². The molecule has 4 rings (SSSR count). The zero-order chi connectivity index (χ0) is 18.3. The number of aromatic nitrogens is 2. The number of rotatable bonds is 4. The van der Waals surface area contributed by atoms with Gasteiger partial charge in [-0.15, -0.1) is 11.3 Å². The quantitative estimate of drug-likeness (QED) is 0.577. The first-order valence-electron chi connectivity index (χ1n) is 8.30. The molecule has 1 N–H and O–H groups in total. The zero-order valence-electron chi connectivity index (χ0n) is 14.3. The Morgan fingerprint density at radius 1 is 1.19 bits per heavy atom. The van der Waals surface area contributed by atoms with Crippen LogP contribution in [-0.2, 0) is 0 Å². The fourth-order valence-electron chi connectivity index (χ4n) is 2.95. The van der Waals surface area contributed by atoms with E-state index in [1.165, 1.54) is 17.4 Å². The average Bonchev–Trinajstić information content (AvgIpc) is 3.26. The Labute approximate surface area is 157 Å². The van der Waals surface area contributed by atoms with Crippen LogP contribution in [0, 0.1) is 5.92 Å². The number of imidazole rings is 1. The molecule has 1 amide bonds. The van der Waals surface area contributed by atoms with E-state index in [2.05, 4.69) is 24.1 Å². The summed E-state index contributed by atoms with van der Waals surface area (Å²) < 4.78 is 1.55. The molecule has 132 valence electrons. The summed E-state index contributed by atoms with van der Waals surface area (Å²) in [5.41, 5.74) is 1.27. The number of fused-ring (bicyclic) bond motifs is 3. The van der Waals surface area contributed by atoms with Crippen molar-refractivity contribution in [1.29, 1.82) is 0 Å². The third kappa shape index (κ3) is 2.93. The van der Waals surface area contributed by atoms with Crippen molar-refractivity contribution >= 4 is 44.6 Å². The van der Waals surface area contributed by atoms with Gasteiger partial charge in [-0.3, -0.25) is 14.0 Å². The highest BCUT2D eigenvalue weighted by Crippen LogP contribution is 2.27. The summed E-state index contributed by atoms with van der Waals surface area (Å²) >= 11 is 2.84. The van der Waals surface area contributed by atoms with Gasteiger partial charge in [0.25, 0.3) is 11.5 Å². The van der Waals surface area contributed by atoms with E-state index in [1.807, 2.05) is 41.8 Å². The summed E-state index contributed by atoms with van der Waals surface area (Å²) in [6.45, 7) is 4.13. The second-order valence-electron chi connectivity index (χ2n) is 6.38. The Balaban J connectivity index is 1.73. The highest BCUT2D eigenvalue weighted by atomic mass is 32.1. The Morgan fingerprint density at radius 2 is 2.00 bits per heavy atom. The van der Waals surface area contributed by atoms with Crippen molar-refractivity contribution in [3.63, 3.8) is 0 Å². The van der Waals surface area contributed by atoms with Crippen molar-refractivity contribution in [3.8, 4) is 0 Å². The molecule has 0 saturated heterocycles. The second-order valence-corrected chi connectivity index (χ2v) is 8.37. The first-order valence-corrected chi connectivity index (χ1v) is 10.00. The summed E-state index contributed by atoms with van der Waals surface area (Å²) in [7, 11) is 0. The van der Waals surface area contributed by atoms with E-state index in [4.69, 9.17) is 0 Å². The van der Waals surface area contributed by atoms with Gasteiger partial charge in [-0.05, 0) is 29.5 Å². The maximum Gasteiger partial charge on any atom is 0.262 e. The molecule has 0 unspecified atom stereocenters. The molecule has 7 heteroatoms. The van der Waals surface area contributed by atoms with Crippen molar-refractivity contribution < 1.29 is 4.79 Å². The molecule has 0 radical (unpaired) electrons. The van der Waals surface area contributed by atoms with Gasteiger partial charge in [-0.1, -0.05) is 43.4 Å². The van der Waals surface area contributed by atoms with Crippen molar-refractivity contribution in [2.75, 3.05) is 0 Å². The summed E-state index contributed by atoms with van der Waals surface area (Å²) in [5.74, 6) is 0.000762. The third-order valence-electron chi connectivity index (χ3n) is 4.23. The van der Waals surface area contributed by atoms with E-state index >= 15 is 0 Å². The fourth-order valence-corrected chi connectivity index (χ4v) is 4.83. The summed E-state index contributed by atoms with van der Waals surface area (Å²) in [6, 6.07) is 12.8. The number of benzene rings is 1. The molecule has 0 aliphatic rings. The average molecular weight is 383 g/mol. The van der Waals surface area contributed by atoms with Gasteiger partial charge < -0.3 is 5.32 Å². The first kappa shape index (κ1) is 16.9. The van der Waals surface area contributed by atoms with Crippen LogP contribution < -0.4 is 10.9 Å². The van der Waals surface area contributed by atoms with Crippen LogP contribution in [-0.4, -0.2) is 15.3 Å². The molecule has 1 atom stereocenters. The third-order valence-corrected chi connectivity index (χ3v) is 6.17. The van der Waals surface area contributed by atoms with Gasteiger partial charge in [-0.2, -0.15) is 0 Å². The van der Waals surface area contributed by atoms with Gasteiger partial charge in [0.05, 0.1) is 17.1 Å². The van der Waals surface area contributed by atoms with Crippen LogP contribution in [0.2, 0.25) is 0 Å². The predicted octanol–water partition coefficient (Wildman–Crippen LogP) is 4.10. The van der Waals surface area contributed by atoms with Crippen LogP contribution in [0.25, 0.3) is 16.0 Å².